The molecule has 0 radical (unpaired) electrons. The van der Waals surface area contributed by atoms with Crippen molar-refractivity contribution in [1.29, 1.82) is 0 Å². The second kappa shape index (κ2) is 10.3. The number of sulfone groups is 2. The van der Waals surface area contributed by atoms with E-state index in [0.29, 0.717) is 28.2 Å². The average Bonchev–Trinajstić information content (AvgIpc) is 2.86. The zero-order chi connectivity index (χ0) is 24.2. The van der Waals surface area contributed by atoms with Crippen LogP contribution in [0.3, 0.4) is 0 Å². The third-order valence-electron chi connectivity index (χ3n) is 5.92. The molecular formula is C25H25N2O4S3+. The second-order valence-corrected chi connectivity index (χ2v) is 14.1. The van der Waals surface area contributed by atoms with Gasteiger partial charge in [0.1, 0.15) is 15.8 Å². The van der Waals surface area contributed by atoms with Crippen molar-refractivity contribution in [3.63, 3.8) is 0 Å². The minimum Gasteiger partial charge on any atom is -0.361 e. The van der Waals surface area contributed by atoms with Crippen LogP contribution in [0.1, 0.15) is 32.1 Å². The Morgan fingerprint density at radius 3 is 2.00 bits per heavy atom. The maximum Gasteiger partial charge on any atom is 0.375 e. The molecule has 1 aliphatic carbocycles. The lowest BCUT2D eigenvalue weighted by atomic mass is 10.0. The van der Waals surface area contributed by atoms with Gasteiger partial charge in [-0.2, -0.15) is 4.79 Å². The Morgan fingerprint density at radius 2 is 1.35 bits per heavy atom. The number of rotatable bonds is 7. The first kappa shape index (κ1) is 24.4. The molecule has 0 heterocycles. The van der Waals surface area contributed by atoms with Gasteiger partial charge in [0, 0.05) is 0 Å². The minimum absolute atomic E-state index is 0.0406. The van der Waals surface area contributed by atoms with Crippen LogP contribution in [0.4, 0.5) is 0 Å². The second-order valence-electron chi connectivity index (χ2n) is 8.11. The Kier molecular flexibility index (Phi) is 7.38. The van der Waals surface area contributed by atoms with Crippen molar-refractivity contribution >= 4 is 36.1 Å². The summed E-state index contributed by atoms with van der Waals surface area (Å²) < 4.78 is 51.9. The van der Waals surface area contributed by atoms with Crippen LogP contribution in [-0.4, -0.2) is 32.4 Å². The first-order valence-corrected chi connectivity index (χ1v) is 15.3. The Balaban J connectivity index is 1.82. The summed E-state index contributed by atoms with van der Waals surface area (Å²) in [6.07, 6.45) is 4.32. The lowest BCUT2D eigenvalue weighted by molar-refractivity contribution is 0.00753. The fourth-order valence-corrected chi connectivity index (χ4v) is 9.66. The van der Waals surface area contributed by atoms with Gasteiger partial charge < -0.3 is 5.53 Å². The monoisotopic (exact) mass is 513 g/mol. The highest BCUT2D eigenvalue weighted by Crippen LogP contribution is 2.36. The van der Waals surface area contributed by atoms with Crippen LogP contribution in [0.5, 0.6) is 0 Å². The van der Waals surface area contributed by atoms with Gasteiger partial charge in [0.15, 0.2) is 24.5 Å². The summed E-state index contributed by atoms with van der Waals surface area (Å²) in [6, 6.07) is 22.9. The van der Waals surface area contributed by atoms with Crippen LogP contribution < -0.4 is 0 Å². The normalized spacial score (nSPS) is 15.9. The SMILES string of the molecule is [N-]=[N+]=CS(=O)(=O)c1ccccc1[S+](c1ccccc1)c1ccc(S(=O)(=O)C2CCCCC2)cc1. The molecular weight excluding hydrogens is 488 g/mol. The first-order chi connectivity index (χ1) is 16.3. The molecule has 0 amide bonds. The van der Waals surface area contributed by atoms with Crippen LogP contribution in [0.15, 0.2) is 103 Å². The maximum absolute atomic E-state index is 13.2. The summed E-state index contributed by atoms with van der Waals surface area (Å²) >= 11 is 0. The van der Waals surface area contributed by atoms with Gasteiger partial charge in [0.05, 0.1) is 10.1 Å². The number of hydrogen-bond acceptors (Lipinski definition) is 4. The third-order valence-corrected chi connectivity index (χ3v) is 12.0. The Labute approximate surface area is 203 Å². The van der Waals surface area contributed by atoms with Crippen LogP contribution in [-0.2, 0) is 30.6 Å². The van der Waals surface area contributed by atoms with Gasteiger partial charge in [-0.1, -0.05) is 49.6 Å². The molecule has 4 rings (SSSR count). The molecule has 0 aliphatic heterocycles. The van der Waals surface area contributed by atoms with E-state index in [9.17, 15) is 16.8 Å². The highest BCUT2D eigenvalue weighted by atomic mass is 32.2. The van der Waals surface area contributed by atoms with Crippen molar-refractivity contribution in [2.45, 2.75) is 61.8 Å². The maximum atomic E-state index is 13.2. The average molecular weight is 514 g/mol. The van der Waals surface area contributed by atoms with Crippen LogP contribution in [0.25, 0.3) is 5.53 Å². The van der Waals surface area contributed by atoms with E-state index in [4.69, 9.17) is 5.53 Å². The predicted octanol–water partition coefficient (Wildman–Crippen LogP) is 4.92. The largest absolute Gasteiger partial charge is 0.375 e. The van der Waals surface area contributed by atoms with Crippen molar-refractivity contribution in [3.8, 4) is 0 Å². The van der Waals surface area contributed by atoms with E-state index in [0.717, 1.165) is 29.1 Å². The standard InChI is InChI=1S/C25H25N2O4S3/c26-27-19-33(28,29)25-14-8-7-13-24(25)32(20-9-3-1-4-10-20)21-15-17-23(18-16-21)34(30,31)22-11-5-2-6-12-22/h1,3-4,7-10,13-19,22H,2,5-6,11-12H2/q+1. The van der Waals surface area contributed by atoms with E-state index >= 15 is 0 Å². The zero-order valence-corrected chi connectivity index (χ0v) is 20.9. The molecule has 34 heavy (non-hydrogen) atoms. The molecule has 1 unspecified atom stereocenters. The molecule has 3 aromatic carbocycles. The van der Waals surface area contributed by atoms with Crippen LogP contribution in [0.2, 0.25) is 0 Å². The molecule has 1 atom stereocenters. The summed E-state index contributed by atoms with van der Waals surface area (Å²) in [6.45, 7) is 0. The fraction of sp³-hybridized carbons (Fsp3) is 0.240. The van der Waals surface area contributed by atoms with Gasteiger partial charge in [-0.05, 0) is 61.4 Å². The van der Waals surface area contributed by atoms with E-state index < -0.39 is 30.6 Å². The fourth-order valence-electron chi connectivity index (χ4n) is 4.25. The number of nitrogens with zero attached hydrogens (tertiary/aromatic N) is 2. The quantitative estimate of drug-likeness (QED) is 0.147. The van der Waals surface area contributed by atoms with Crippen molar-refractivity contribution in [1.82, 2.24) is 0 Å². The van der Waals surface area contributed by atoms with Gasteiger partial charge >= 0.3 is 5.55 Å². The molecule has 0 spiro atoms. The Hall–Kier alpha value is -2.71. The predicted molar refractivity (Wildman–Crippen MR) is 132 cm³/mol. The summed E-state index contributed by atoms with van der Waals surface area (Å²) in [5.74, 6) is 0. The highest BCUT2D eigenvalue weighted by molar-refractivity contribution is 8.05. The lowest BCUT2D eigenvalue weighted by Gasteiger charge is -2.21. The van der Waals surface area contributed by atoms with Gasteiger partial charge in [-0.15, -0.1) is 0 Å². The summed E-state index contributed by atoms with van der Waals surface area (Å²) in [4.78, 5) is 5.29. The molecule has 1 aliphatic rings. The van der Waals surface area contributed by atoms with Crippen molar-refractivity contribution in [2.75, 3.05) is 0 Å². The van der Waals surface area contributed by atoms with Gasteiger partial charge in [0.2, 0.25) is 0 Å². The number of hydrogen-bond donors (Lipinski definition) is 0. The Bertz CT molecular complexity index is 1410. The smallest absolute Gasteiger partial charge is 0.361 e. The van der Waals surface area contributed by atoms with Gasteiger partial charge in [-0.25, -0.2) is 16.8 Å². The first-order valence-electron chi connectivity index (χ1n) is 11.0. The zero-order valence-electron chi connectivity index (χ0n) is 18.4. The molecule has 0 aromatic heterocycles. The molecule has 0 saturated heterocycles. The minimum atomic E-state index is -3.98. The summed E-state index contributed by atoms with van der Waals surface area (Å²) in [7, 11) is -8.22. The molecule has 6 nitrogen and oxygen atoms in total. The van der Waals surface area contributed by atoms with E-state index in [1.165, 1.54) is 6.07 Å². The molecule has 3 aromatic rings. The number of benzene rings is 3. The molecule has 1 saturated carbocycles. The summed E-state index contributed by atoms with van der Waals surface area (Å²) in [5, 5.41) is -0.344. The summed E-state index contributed by atoms with van der Waals surface area (Å²) in [5.41, 5.74) is 9.40. The molecule has 0 N–H and O–H groups in total. The van der Waals surface area contributed by atoms with E-state index in [2.05, 4.69) is 4.79 Å². The van der Waals surface area contributed by atoms with Crippen molar-refractivity contribution in [2.24, 2.45) is 0 Å². The van der Waals surface area contributed by atoms with Crippen molar-refractivity contribution in [3.05, 3.63) is 84.4 Å². The molecule has 176 valence electrons. The van der Waals surface area contributed by atoms with E-state index in [1.54, 1.807) is 42.5 Å². The van der Waals surface area contributed by atoms with Crippen molar-refractivity contribution < 1.29 is 21.6 Å². The van der Waals surface area contributed by atoms with Crippen LogP contribution >= 0.6 is 0 Å². The van der Waals surface area contributed by atoms with Gasteiger partial charge in [0.25, 0.3) is 9.84 Å². The lowest BCUT2D eigenvalue weighted by Crippen LogP contribution is -2.24. The van der Waals surface area contributed by atoms with E-state index in [-0.39, 0.29) is 10.1 Å². The molecule has 0 bridgehead atoms. The van der Waals surface area contributed by atoms with Crippen LogP contribution in [0, 0.1) is 0 Å². The highest BCUT2D eigenvalue weighted by Gasteiger charge is 2.36. The third kappa shape index (κ3) is 5.03. The Morgan fingerprint density at radius 1 is 0.765 bits per heavy atom. The van der Waals surface area contributed by atoms with Gasteiger partial charge in [-0.3, -0.25) is 0 Å². The molecule has 1 fully saturated rings. The van der Waals surface area contributed by atoms with E-state index in [1.807, 2.05) is 30.3 Å². The molecule has 9 heteroatoms. The topological polar surface area (TPSA) is 105 Å².